The Kier molecular flexibility index (Phi) is 25.8. The fraction of sp³-hybridized carbons (Fsp3) is 0.400. The van der Waals surface area contributed by atoms with Crippen LogP contribution in [-0.4, -0.2) is 80.1 Å². The molecule has 6 N–H and O–H groups in total. The molecule has 396 valence electrons. The molecule has 2 atom stereocenters. The van der Waals surface area contributed by atoms with Crippen LogP contribution in [0.4, 0.5) is 11.4 Å². The second-order valence-electron chi connectivity index (χ2n) is 17.3. The molecule has 74 heavy (non-hydrogen) atoms. The highest BCUT2D eigenvalue weighted by atomic mass is 35.5. The van der Waals surface area contributed by atoms with Gasteiger partial charge in [0.15, 0.2) is 0 Å². The molecule has 2 saturated carbocycles. The number of aliphatic carboxylic acids is 1. The fourth-order valence-corrected chi connectivity index (χ4v) is 9.66. The number of carboxylic acid groups (broad SMARTS) is 1. The van der Waals surface area contributed by atoms with Crippen LogP contribution in [0, 0.1) is 10.8 Å². The van der Waals surface area contributed by atoms with Gasteiger partial charge in [0.2, 0.25) is 5.91 Å². The summed E-state index contributed by atoms with van der Waals surface area (Å²) in [6, 6.07) is 21.9. The Balaban J connectivity index is 0.000000325. The topological polar surface area (TPSA) is 301 Å². The summed E-state index contributed by atoms with van der Waals surface area (Å²) in [6.07, 6.45) is 8.02. The van der Waals surface area contributed by atoms with Crippen molar-refractivity contribution in [2.45, 2.75) is 89.1 Å². The van der Waals surface area contributed by atoms with Gasteiger partial charge < -0.3 is 36.3 Å². The SMILES string of the molecule is COC(=O)C(Cc1ccc(NC(=O)c2c(Cl)cccc2Cl)cc1)NC(=O)C1(CCN=[N+]=[N-])CCCC1.COC(=O)C(N)Cc1ccc(NC(=O)c2c(Cl)cccc2Cl)cc1.Cl.[N-]=[N+]=NCCC1(C(=O)O)CCCC1. The minimum absolute atomic E-state index is 0. The van der Waals surface area contributed by atoms with E-state index in [0.29, 0.717) is 50.0 Å². The molecule has 0 radical (unpaired) electrons. The number of halogens is 5. The van der Waals surface area contributed by atoms with Crippen LogP contribution in [-0.2, 0) is 41.5 Å². The molecule has 2 unspecified atom stereocenters. The smallest absolute Gasteiger partial charge is 0.328 e. The van der Waals surface area contributed by atoms with E-state index >= 15 is 0 Å². The van der Waals surface area contributed by atoms with E-state index in [1.165, 1.54) is 14.2 Å². The second-order valence-corrected chi connectivity index (χ2v) is 18.9. The maximum absolute atomic E-state index is 13.2. The molecule has 19 nitrogen and oxygen atoms in total. The number of carbonyl (C=O) groups is 6. The average Bonchev–Trinajstić information content (AvgIpc) is 4.07. The second kappa shape index (κ2) is 30.8. The first-order valence-electron chi connectivity index (χ1n) is 23.1. The van der Waals surface area contributed by atoms with Crippen molar-refractivity contribution in [3.8, 4) is 0 Å². The zero-order valence-corrected chi connectivity index (χ0v) is 44.4. The maximum Gasteiger partial charge on any atom is 0.328 e. The van der Waals surface area contributed by atoms with E-state index in [1.807, 2.05) is 0 Å². The molecule has 0 bridgehead atoms. The third-order valence-electron chi connectivity index (χ3n) is 12.6. The quantitative estimate of drug-likeness (QED) is 0.0256. The summed E-state index contributed by atoms with van der Waals surface area (Å²) in [6.45, 7) is 0.516. The number of ether oxygens (including phenoxy) is 2. The number of amides is 3. The van der Waals surface area contributed by atoms with Crippen molar-refractivity contribution in [1.29, 1.82) is 0 Å². The molecular weight excluding hydrogens is 1060 g/mol. The molecule has 0 aromatic heterocycles. The van der Waals surface area contributed by atoms with Gasteiger partial charge in [0.05, 0.1) is 50.9 Å². The number of esters is 2. The maximum atomic E-state index is 13.2. The number of carbonyl (C=O) groups excluding carboxylic acids is 5. The molecule has 0 spiro atoms. The molecule has 4 aromatic carbocycles. The Morgan fingerprint density at radius 1 is 0.635 bits per heavy atom. The van der Waals surface area contributed by atoms with Crippen LogP contribution in [0.15, 0.2) is 95.2 Å². The number of azide groups is 2. The van der Waals surface area contributed by atoms with Crippen molar-refractivity contribution in [3.05, 3.63) is 148 Å². The first-order valence-corrected chi connectivity index (χ1v) is 24.6. The van der Waals surface area contributed by atoms with Gasteiger partial charge in [-0.2, -0.15) is 0 Å². The Hall–Kier alpha value is -6.27. The summed E-state index contributed by atoms with van der Waals surface area (Å²) in [7, 11) is 2.56. The van der Waals surface area contributed by atoms with E-state index in [1.54, 1.807) is 84.9 Å². The van der Waals surface area contributed by atoms with E-state index in [0.717, 1.165) is 49.7 Å². The molecule has 2 aliphatic carbocycles. The third kappa shape index (κ3) is 18.0. The molecule has 24 heteroatoms. The van der Waals surface area contributed by atoms with Crippen molar-refractivity contribution in [2.75, 3.05) is 37.9 Å². The monoisotopic (exact) mass is 1120 g/mol. The number of benzene rings is 4. The predicted molar refractivity (Wildman–Crippen MR) is 287 cm³/mol. The molecule has 0 saturated heterocycles. The van der Waals surface area contributed by atoms with E-state index in [-0.39, 0.29) is 62.5 Å². The number of anilines is 2. The number of nitrogens with one attached hydrogen (secondary N) is 3. The number of methoxy groups -OCH3 is 2. The zero-order valence-electron chi connectivity index (χ0n) is 40.5. The Morgan fingerprint density at radius 2 is 1.01 bits per heavy atom. The standard InChI is InChI=1S/C25H27Cl2N5O4.C17H16Cl2N2O3.C8H13N3O2.ClH/c1-36-23(34)20(31-24(35)25(11-2-3-12-25)13-14-29-32-28)15-16-7-9-17(10-8-16)30-22(33)21-18(26)5-4-6-19(21)27;1-24-17(23)14(20)9-10-5-7-11(8-6-10)21-16(22)15-12(18)3-2-4-13(15)19;9-11-10-6-5-8(7(12)13)3-1-2-4-8;/h4-10,20H,2-3,11-15H2,1H3,(H,30,33)(H,31,35);2-8,14H,9,20H2,1H3,(H,21,22);1-6H2,(H,12,13);1H. The highest BCUT2D eigenvalue weighted by molar-refractivity contribution is 6.41. The molecular formula is C50H57Cl5N10O9. The first-order chi connectivity index (χ1) is 34.9. The van der Waals surface area contributed by atoms with Crippen LogP contribution in [0.3, 0.4) is 0 Å². The summed E-state index contributed by atoms with van der Waals surface area (Å²) in [5.74, 6) is -2.84. The van der Waals surface area contributed by atoms with Gasteiger partial charge in [-0.15, -0.1) is 12.4 Å². The van der Waals surface area contributed by atoms with Crippen molar-refractivity contribution >= 4 is 106 Å². The minimum Gasteiger partial charge on any atom is -0.481 e. The van der Waals surface area contributed by atoms with Gasteiger partial charge in [-0.25, -0.2) is 4.79 Å². The number of nitrogens with two attached hydrogens (primary N) is 1. The summed E-state index contributed by atoms with van der Waals surface area (Å²) in [5, 5.41) is 25.4. The van der Waals surface area contributed by atoms with Crippen molar-refractivity contribution in [2.24, 2.45) is 26.8 Å². The molecule has 4 aromatic rings. The molecule has 0 heterocycles. The van der Waals surface area contributed by atoms with Crippen molar-refractivity contribution in [1.82, 2.24) is 5.32 Å². The van der Waals surface area contributed by atoms with Gasteiger partial charge in [0, 0.05) is 46.1 Å². The van der Waals surface area contributed by atoms with Gasteiger partial charge in [0.1, 0.15) is 12.1 Å². The summed E-state index contributed by atoms with van der Waals surface area (Å²) in [4.78, 5) is 78.3. The Morgan fingerprint density at radius 3 is 1.39 bits per heavy atom. The van der Waals surface area contributed by atoms with E-state index in [9.17, 15) is 28.8 Å². The largest absolute Gasteiger partial charge is 0.481 e. The summed E-state index contributed by atoms with van der Waals surface area (Å²) in [5.41, 5.74) is 24.2. The summed E-state index contributed by atoms with van der Waals surface area (Å²) >= 11 is 24.2. The van der Waals surface area contributed by atoms with Crippen LogP contribution in [0.25, 0.3) is 20.9 Å². The van der Waals surface area contributed by atoms with Gasteiger partial charge >= 0.3 is 17.9 Å². The van der Waals surface area contributed by atoms with E-state index in [2.05, 4.69) is 40.7 Å². The molecule has 3 amide bonds. The van der Waals surface area contributed by atoms with Crippen molar-refractivity contribution in [3.63, 3.8) is 0 Å². The molecule has 6 rings (SSSR count). The van der Waals surface area contributed by atoms with Gasteiger partial charge in [-0.1, -0.05) is 119 Å². The number of hydrogen-bond donors (Lipinski definition) is 5. The lowest BCUT2D eigenvalue weighted by Gasteiger charge is -2.29. The van der Waals surface area contributed by atoms with Gasteiger partial charge in [0.25, 0.3) is 11.8 Å². The predicted octanol–water partition coefficient (Wildman–Crippen LogP) is 11.7. The van der Waals surface area contributed by atoms with Gasteiger partial charge in [-0.3, -0.25) is 24.0 Å². The van der Waals surface area contributed by atoms with Crippen LogP contribution < -0.4 is 21.7 Å². The number of carboxylic acids is 1. The van der Waals surface area contributed by atoms with Crippen LogP contribution in [0.2, 0.25) is 20.1 Å². The zero-order chi connectivity index (χ0) is 53.6. The Labute approximate surface area is 454 Å². The lowest BCUT2D eigenvalue weighted by Crippen LogP contribution is -2.49. The number of nitrogens with zero attached hydrogens (tertiary/aromatic N) is 6. The summed E-state index contributed by atoms with van der Waals surface area (Å²) < 4.78 is 9.51. The lowest BCUT2D eigenvalue weighted by molar-refractivity contribution is -0.149. The minimum atomic E-state index is -0.887. The van der Waals surface area contributed by atoms with Crippen LogP contribution >= 0.6 is 58.8 Å². The highest BCUT2D eigenvalue weighted by Crippen LogP contribution is 2.42. The third-order valence-corrected chi connectivity index (χ3v) is 13.8. The normalized spacial score (nSPS) is 14.4. The average molecular weight is 1120 g/mol. The molecule has 2 aliphatic rings. The van der Waals surface area contributed by atoms with E-state index < -0.39 is 52.6 Å². The fourth-order valence-electron chi connectivity index (χ4n) is 8.52. The molecule has 0 aliphatic heterocycles. The molecule has 2 fully saturated rings. The van der Waals surface area contributed by atoms with Crippen molar-refractivity contribution < 1.29 is 43.3 Å². The first kappa shape index (κ1) is 62.0. The number of rotatable bonds is 19. The Bertz CT molecular complexity index is 2630. The lowest BCUT2D eigenvalue weighted by atomic mass is 9.81. The highest BCUT2D eigenvalue weighted by Gasteiger charge is 2.42. The number of hydrogen-bond acceptors (Lipinski definition) is 11. The van der Waals surface area contributed by atoms with Gasteiger partial charge in [-0.05, 0) is 116 Å². The van der Waals surface area contributed by atoms with E-state index in [4.69, 9.17) is 73.0 Å². The van der Waals surface area contributed by atoms with Crippen LogP contribution in [0.5, 0.6) is 0 Å². The van der Waals surface area contributed by atoms with Crippen LogP contribution in [0.1, 0.15) is 96.1 Å².